The Morgan fingerprint density at radius 1 is 1.00 bits per heavy atom. The maximum absolute atomic E-state index is 4.61. The molecule has 0 aliphatic rings. The van der Waals surface area contributed by atoms with Crippen LogP contribution < -0.4 is 0 Å². The minimum Gasteiger partial charge on any atom is -0.402 e. The molecule has 0 unspecified atom stereocenters. The van der Waals surface area contributed by atoms with Crippen LogP contribution in [0.5, 0.6) is 0 Å². The number of rotatable bonds is 2. The second-order valence-electron chi connectivity index (χ2n) is 2.75. The molecule has 5 heteroatoms. The molecule has 0 aliphatic carbocycles. The topological polar surface area (TPSA) is 44.2 Å². The Bertz CT molecular complexity index is 330. The molecule has 0 radical (unpaired) electrons. The number of aromatic nitrogens is 2. The van der Waals surface area contributed by atoms with Crippen LogP contribution in [0.3, 0.4) is 0 Å². The van der Waals surface area contributed by atoms with Gasteiger partial charge in [0.05, 0.1) is 0 Å². The van der Waals surface area contributed by atoms with E-state index in [-0.39, 0.29) is 0 Å². The second-order valence-corrected chi connectivity index (χ2v) is 4.14. The predicted molar refractivity (Wildman–Crippen MR) is 62.1 cm³/mol. The van der Waals surface area contributed by atoms with E-state index in [9.17, 15) is 0 Å². The number of hydrogen-bond donors (Lipinski definition) is 0. The van der Waals surface area contributed by atoms with Crippen LogP contribution in [0.2, 0.25) is 0 Å². The van der Waals surface area contributed by atoms with Gasteiger partial charge in [0.1, 0.15) is 0 Å². The smallest absolute Gasteiger partial charge is 0.303 e. The average Bonchev–Trinajstić information content (AvgIpc) is 2.31. The van der Waals surface area contributed by atoms with Crippen molar-refractivity contribution in [3.63, 3.8) is 0 Å². The third-order valence-electron chi connectivity index (χ3n) is 1.61. The fourth-order valence-electron chi connectivity index (χ4n) is 1.03. The number of fused-ring (bicyclic) bond motifs is 1. The molecule has 0 aromatic carbocycles. The summed E-state index contributed by atoms with van der Waals surface area (Å²) in [5.41, 5.74) is 0.810. The van der Waals surface area contributed by atoms with Crippen molar-refractivity contribution in [2.24, 2.45) is 0 Å². The molecule has 2 heterocycles. The highest BCUT2D eigenvalue weighted by Crippen LogP contribution is 2.04. The van der Waals surface area contributed by atoms with E-state index in [1.807, 2.05) is 24.3 Å². The van der Waals surface area contributed by atoms with E-state index >= 15 is 0 Å². The minimum absolute atomic E-state index is 0.568. The zero-order valence-electron chi connectivity index (χ0n) is 8.88. The summed E-state index contributed by atoms with van der Waals surface area (Å²) in [6.07, 6.45) is 3.49. The van der Waals surface area contributed by atoms with Crippen LogP contribution in [0, 0.1) is 0 Å². The second kappa shape index (κ2) is 7.05. The highest BCUT2D eigenvalue weighted by Gasteiger charge is 1.88. The highest BCUT2D eigenvalue weighted by molar-refractivity contribution is 6.17. The first-order chi connectivity index (χ1) is 7.38. The van der Waals surface area contributed by atoms with Crippen molar-refractivity contribution in [3.05, 3.63) is 36.7 Å². The molecule has 0 saturated carbocycles. The third kappa shape index (κ3) is 4.16. The number of pyridine rings is 2. The standard InChI is InChI=1S/C8H6N2.C2H8O2Si/c1-3-7-4-2-6-10-8(7)9-5-1;1-3-5-4-2/h1-6H;5H2,1-2H3. The van der Waals surface area contributed by atoms with Gasteiger partial charge in [0.2, 0.25) is 0 Å². The third-order valence-corrected chi connectivity index (χ3v) is 2.08. The van der Waals surface area contributed by atoms with E-state index in [1.54, 1.807) is 26.6 Å². The summed E-state index contributed by atoms with van der Waals surface area (Å²) in [7, 11) is 2.73. The maximum atomic E-state index is 4.61. The fraction of sp³-hybridized carbons (Fsp3) is 0.200. The molecule has 2 aromatic heterocycles. The van der Waals surface area contributed by atoms with E-state index in [1.165, 1.54) is 0 Å². The van der Waals surface area contributed by atoms with E-state index < -0.39 is 10.0 Å². The van der Waals surface area contributed by atoms with Gasteiger partial charge in [0.25, 0.3) is 0 Å². The Labute approximate surface area is 91.3 Å². The Hall–Kier alpha value is -1.30. The van der Waals surface area contributed by atoms with Gasteiger partial charge >= 0.3 is 10.0 Å². The van der Waals surface area contributed by atoms with Gasteiger partial charge in [-0.2, -0.15) is 0 Å². The largest absolute Gasteiger partial charge is 0.402 e. The summed E-state index contributed by atoms with van der Waals surface area (Å²) < 4.78 is 9.22. The molecule has 80 valence electrons. The Kier molecular flexibility index (Phi) is 5.53. The van der Waals surface area contributed by atoms with Crippen LogP contribution in [-0.4, -0.2) is 34.2 Å². The molecule has 0 N–H and O–H groups in total. The van der Waals surface area contributed by atoms with Gasteiger partial charge in [0, 0.05) is 32.0 Å². The lowest BCUT2D eigenvalue weighted by atomic mass is 10.3. The molecular formula is C10H14N2O2Si. The fourth-order valence-corrected chi connectivity index (χ4v) is 1.26. The van der Waals surface area contributed by atoms with E-state index in [0.29, 0.717) is 0 Å². The van der Waals surface area contributed by atoms with Crippen LogP contribution >= 0.6 is 0 Å². The van der Waals surface area contributed by atoms with Crippen molar-refractivity contribution in [2.45, 2.75) is 0 Å². The first-order valence-corrected chi connectivity index (χ1v) is 5.67. The van der Waals surface area contributed by atoms with Gasteiger partial charge in [0.15, 0.2) is 5.65 Å². The van der Waals surface area contributed by atoms with Crippen molar-refractivity contribution in [1.82, 2.24) is 9.97 Å². The van der Waals surface area contributed by atoms with Crippen molar-refractivity contribution in [2.75, 3.05) is 14.2 Å². The lowest BCUT2D eigenvalue weighted by molar-refractivity contribution is 0.309. The van der Waals surface area contributed by atoms with Gasteiger partial charge in [-0.1, -0.05) is 0 Å². The quantitative estimate of drug-likeness (QED) is 0.708. The zero-order chi connectivity index (χ0) is 10.9. The molecule has 0 fully saturated rings. The summed E-state index contributed by atoms with van der Waals surface area (Å²) in [6.45, 7) is 0. The summed E-state index contributed by atoms with van der Waals surface area (Å²) in [4.78, 5) is 8.14. The van der Waals surface area contributed by atoms with Crippen LogP contribution in [0.15, 0.2) is 36.7 Å². The summed E-state index contributed by atoms with van der Waals surface area (Å²) in [5.74, 6) is 0. The van der Waals surface area contributed by atoms with E-state index in [0.717, 1.165) is 11.0 Å². The monoisotopic (exact) mass is 222 g/mol. The van der Waals surface area contributed by atoms with Crippen LogP contribution in [0.4, 0.5) is 0 Å². The molecular weight excluding hydrogens is 208 g/mol. The van der Waals surface area contributed by atoms with Crippen LogP contribution in [0.25, 0.3) is 11.0 Å². The van der Waals surface area contributed by atoms with Gasteiger partial charge in [-0.05, 0) is 24.3 Å². The van der Waals surface area contributed by atoms with Gasteiger partial charge in [-0.25, -0.2) is 9.97 Å². The summed E-state index contributed by atoms with van der Waals surface area (Å²) in [6, 6.07) is 7.80. The van der Waals surface area contributed by atoms with Crippen molar-refractivity contribution in [3.8, 4) is 0 Å². The average molecular weight is 222 g/mol. The first-order valence-electron chi connectivity index (χ1n) is 4.52. The van der Waals surface area contributed by atoms with E-state index in [2.05, 4.69) is 18.8 Å². The highest BCUT2D eigenvalue weighted by atomic mass is 28.3. The molecule has 0 atom stereocenters. The van der Waals surface area contributed by atoms with Gasteiger partial charge in [-0.15, -0.1) is 0 Å². The lowest BCUT2D eigenvalue weighted by Gasteiger charge is -1.90. The van der Waals surface area contributed by atoms with Crippen LogP contribution in [-0.2, 0) is 8.85 Å². The first kappa shape index (κ1) is 11.8. The minimum atomic E-state index is -0.568. The van der Waals surface area contributed by atoms with Crippen molar-refractivity contribution in [1.29, 1.82) is 0 Å². The molecule has 4 nitrogen and oxygen atoms in total. The molecule has 0 aliphatic heterocycles. The van der Waals surface area contributed by atoms with Crippen LogP contribution in [0.1, 0.15) is 0 Å². The number of nitrogens with zero attached hydrogens (tertiary/aromatic N) is 2. The summed E-state index contributed by atoms with van der Waals surface area (Å²) in [5, 5.41) is 1.09. The normalized spacial score (nSPS) is 9.47. The zero-order valence-corrected chi connectivity index (χ0v) is 10.3. The summed E-state index contributed by atoms with van der Waals surface area (Å²) >= 11 is 0. The SMILES string of the molecule is CO[SiH2]OC.c1cnc2ncccc2c1. The molecule has 15 heavy (non-hydrogen) atoms. The van der Waals surface area contributed by atoms with Crippen molar-refractivity contribution < 1.29 is 8.85 Å². The van der Waals surface area contributed by atoms with Crippen molar-refractivity contribution >= 4 is 21.0 Å². The molecule has 0 saturated heterocycles. The van der Waals surface area contributed by atoms with Gasteiger partial charge < -0.3 is 8.85 Å². The van der Waals surface area contributed by atoms with E-state index in [4.69, 9.17) is 0 Å². The molecule has 0 bridgehead atoms. The lowest BCUT2D eigenvalue weighted by Crippen LogP contribution is -1.93. The van der Waals surface area contributed by atoms with Gasteiger partial charge in [-0.3, -0.25) is 0 Å². The molecule has 2 rings (SSSR count). The predicted octanol–water partition coefficient (Wildman–Crippen LogP) is 0.908. The Morgan fingerprint density at radius 2 is 1.53 bits per heavy atom. The Balaban J connectivity index is 0.000000195. The maximum Gasteiger partial charge on any atom is 0.303 e. The molecule has 2 aromatic rings. The Morgan fingerprint density at radius 3 is 1.87 bits per heavy atom. The molecule has 0 spiro atoms. The molecule has 0 amide bonds. The number of hydrogen-bond acceptors (Lipinski definition) is 4.